The van der Waals surface area contributed by atoms with Crippen LogP contribution in [0.4, 0.5) is 26.3 Å². The molecule has 0 saturated heterocycles. The average molecular weight is 354 g/mol. The third kappa shape index (κ3) is 4.93. The van der Waals surface area contributed by atoms with Crippen molar-refractivity contribution >= 4 is 23.2 Å². The first-order valence-electron chi connectivity index (χ1n) is 5.71. The van der Waals surface area contributed by atoms with Gasteiger partial charge in [-0.2, -0.15) is 26.3 Å². The molecule has 0 heterocycles. The van der Waals surface area contributed by atoms with Crippen molar-refractivity contribution < 1.29 is 26.3 Å². The molecular formula is C12H11Cl2F6N. The molecular weight excluding hydrogens is 343 g/mol. The quantitative estimate of drug-likeness (QED) is 0.762. The Morgan fingerprint density at radius 3 is 1.95 bits per heavy atom. The Balaban J connectivity index is 3.10. The summed E-state index contributed by atoms with van der Waals surface area (Å²) in [5, 5.41) is 2.34. The molecule has 0 fully saturated rings. The van der Waals surface area contributed by atoms with Crippen molar-refractivity contribution in [3.63, 3.8) is 0 Å². The molecule has 120 valence electrons. The first-order chi connectivity index (χ1) is 9.46. The van der Waals surface area contributed by atoms with E-state index in [-0.39, 0.29) is 15.6 Å². The van der Waals surface area contributed by atoms with E-state index in [4.69, 9.17) is 23.2 Å². The van der Waals surface area contributed by atoms with E-state index in [0.717, 1.165) is 7.05 Å². The minimum Gasteiger partial charge on any atom is -0.316 e. The molecule has 0 aromatic heterocycles. The van der Waals surface area contributed by atoms with Crippen molar-refractivity contribution in [3.05, 3.63) is 33.8 Å². The van der Waals surface area contributed by atoms with Crippen LogP contribution in [0.1, 0.15) is 5.56 Å². The molecule has 1 aromatic carbocycles. The van der Waals surface area contributed by atoms with Crippen LogP contribution in [-0.2, 0) is 6.42 Å². The van der Waals surface area contributed by atoms with E-state index in [9.17, 15) is 26.3 Å². The molecule has 1 nitrogen and oxygen atoms in total. The van der Waals surface area contributed by atoms with Gasteiger partial charge in [0.2, 0.25) is 0 Å². The summed E-state index contributed by atoms with van der Waals surface area (Å²) in [5.41, 5.74) is 0.152. The van der Waals surface area contributed by atoms with E-state index in [0.29, 0.717) is 0 Å². The van der Waals surface area contributed by atoms with E-state index in [2.05, 4.69) is 5.32 Å². The molecule has 0 bridgehead atoms. The van der Waals surface area contributed by atoms with Gasteiger partial charge >= 0.3 is 12.4 Å². The van der Waals surface area contributed by atoms with Crippen LogP contribution in [0.5, 0.6) is 0 Å². The summed E-state index contributed by atoms with van der Waals surface area (Å²) in [5.74, 6) is -3.48. The smallest absolute Gasteiger partial charge is 0.316 e. The lowest BCUT2D eigenvalue weighted by atomic mass is 9.92. The maximum Gasteiger partial charge on any atom is 0.402 e. The zero-order chi connectivity index (χ0) is 16.4. The van der Waals surface area contributed by atoms with Crippen LogP contribution >= 0.6 is 23.2 Å². The summed E-state index contributed by atoms with van der Waals surface area (Å²) in [7, 11) is 1.04. The van der Waals surface area contributed by atoms with Gasteiger partial charge in [-0.3, -0.25) is 0 Å². The molecule has 0 amide bonds. The van der Waals surface area contributed by atoms with Gasteiger partial charge in [0.25, 0.3) is 0 Å². The Labute approximate surface area is 127 Å². The maximum absolute atomic E-state index is 12.7. The molecule has 0 saturated carbocycles. The van der Waals surface area contributed by atoms with Crippen LogP contribution in [0.25, 0.3) is 0 Å². The van der Waals surface area contributed by atoms with Crippen molar-refractivity contribution in [2.75, 3.05) is 7.05 Å². The van der Waals surface area contributed by atoms with Crippen LogP contribution in [0.15, 0.2) is 18.2 Å². The molecule has 0 spiro atoms. The fourth-order valence-electron chi connectivity index (χ4n) is 1.95. The van der Waals surface area contributed by atoms with Crippen molar-refractivity contribution in [1.29, 1.82) is 0 Å². The van der Waals surface area contributed by atoms with Gasteiger partial charge in [0, 0.05) is 16.1 Å². The van der Waals surface area contributed by atoms with E-state index < -0.39 is 30.7 Å². The minimum absolute atomic E-state index is 0.0193. The lowest BCUT2D eigenvalue weighted by molar-refractivity contribution is -0.291. The lowest BCUT2D eigenvalue weighted by Crippen LogP contribution is -2.51. The molecule has 0 aliphatic heterocycles. The molecule has 1 N–H and O–H groups in total. The van der Waals surface area contributed by atoms with Gasteiger partial charge in [-0.25, -0.2) is 0 Å². The van der Waals surface area contributed by atoms with Gasteiger partial charge in [-0.1, -0.05) is 29.3 Å². The van der Waals surface area contributed by atoms with Crippen molar-refractivity contribution in [2.24, 2.45) is 5.92 Å². The number of alkyl halides is 6. The highest BCUT2D eigenvalue weighted by Crippen LogP contribution is 2.42. The van der Waals surface area contributed by atoms with Crippen molar-refractivity contribution in [3.8, 4) is 0 Å². The number of rotatable bonds is 4. The summed E-state index contributed by atoms with van der Waals surface area (Å²) in [6.07, 6.45) is -11.4. The summed E-state index contributed by atoms with van der Waals surface area (Å²) in [6, 6.07) is 2.04. The van der Waals surface area contributed by atoms with E-state index in [1.165, 1.54) is 18.2 Å². The number of nitrogens with one attached hydrogen (secondary N) is 1. The van der Waals surface area contributed by atoms with Crippen LogP contribution < -0.4 is 5.32 Å². The normalized spacial score (nSPS) is 14.6. The van der Waals surface area contributed by atoms with Gasteiger partial charge in [-0.15, -0.1) is 0 Å². The second-order valence-electron chi connectivity index (χ2n) is 4.40. The fraction of sp³-hybridized carbons (Fsp3) is 0.500. The molecule has 0 aliphatic rings. The molecule has 1 rings (SSSR count). The highest BCUT2D eigenvalue weighted by atomic mass is 35.5. The molecule has 1 atom stereocenters. The summed E-state index contributed by atoms with van der Waals surface area (Å²) in [6.45, 7) is 0. The number of benzene rings is 1. The van der Waals surface area contributed by atoms with Gasteiger partial charge in [0.05, 0.1) is 0 Å². The van der Waals surface area contributed by atoms with E-state index in [1.807, 2.05) is 0 Å². The Bertz CT molecular complexity index is 472. The monoisotopic (exact) mass is 353 g/mol. The third-order valence-corrected chi connectivity index (χ3v) is 3.52. The zero-order valence-corrected chi connectivity index (χ0v) is 12.1. The molecule has 0 radical (unpaired) electrons. The second-order valence-corrected chi connectivity index (χ2v) is 5.24. The minimum atomic E-state index is -5.41. The third-order valence-electron chi connectivity index (χ3n) is 2.93. The number of halogens is 8. The number of hydrogen-bond donors (Lipinski definition) is 1. The maximum atomic E-state index is 12.7. The van der Waals surface area contributed by atoms with Gasteiger partial charge < -0.3 is 5.32 Å². The fourth-order valence-corrected chi connectivity index (χ4v) is 2.44. The highest BCUT2D eigenvalue weighted by molar-refractivity contribution is 6.35. The van der Waals surface area contributed by atoms with Gasteiger partial charge in [-0.05, 0) is 31.2 Å². The van der Waals surface area contributed by atoms with Gasteiger partial charge in [0.15, 0.2) is 5.92 Å². The Morgan fingerprint density at radius 1 is 1.05 bits per heavy atom. The van der Waals surface area contributed by atoms with Gasteiger partial charge in [0.1, 0.15) is 0 Å². The molecule has 9 heteroatoms. The van der Waals surface area contributed by atoms with Crippen LogP contribution in [0, 0.1) is 5.92 Å². The topological polar surface area (TPSA) is 12.0 Å². The molecule has 1 unspecified atom stereocenters. The number of likely N-dealkylation sites (N-methyl/N-ethyl adjacent to an activating group) is 1. The predicted molar refractivity (Wildman–Crippen MR) is 68.6 cm³/mol. The lowest BCUT2D eigenvalue weighted by Gasteiger charge is -2.30. The number of hydrogen-bond acceptors (Lipinski definition) is 1. The highest BCUT2D eigenvalue weighted by Gasteiger charge is 2.59. The van der Waals surface area contributed by atoms with Crippen molar-refractivity contribution in [1.82, 2.24) is 5.32 Å². The van der Waals surface area contributed by atoms with Crippen LogP contribution in [0.3, 0.4) is 0 Å². The Morgan fingerprint density at radius 2 is 1.57 bits per heavy atom. The average Bonchev–Trinajstić information content (AvgIpc) is 2.27. The second kappa shape index (κ2) is 6.62. The summed E-state index contributed by atoms with van der Waals surface area (Å²) in [4.78, 5) is 0. The Kier molecular flexibility index (Phi) is 5.80. The van der Waals surface area contributed by atoms with Crippen LogP contribution in [-0.4, -0.2) is 25.4 Å². The standard InChI is InChI=1S/C12H11Cl2F6N/c1-21-9(10(11(15,16)17)12(18,19)20)4-6-2-3-7(13)5-8(6)14/h2-3,5,9-10,21H,4H2,1H3. The largest absolute Gasteiger partial charge is 0.402 e. The first-order valence-corrected chi connectivity index (χ1v) is 6.47. The predicted octanol–water partition coefficient (Wildman–Crippen LogP) is 4.86. The van der Waals surface area contributed by atoms with E-state index in [1.54, 1.807) is 0 Å². The molecule has 0 aliphatic carbocycles. The van der Waals surface area contributed by atoms with E-state index >= 15 is 0 Å². The van der Waals surface area contributed by atoms with Crippen molar-refractivity contribution in [2.45, 2.75) is 24.8 Å². The molecule has 1 aromatic rings. The summed E-state index contributed by atoms with van der Waals surface area (Å²) >= 11 is 11.4. The molecule has 21 heavy (non-hydrogen) atoms. The summed E-state index contributed by atoms with van der Waals surface area (Å²) < 4.78 is 76.2. The SMILES string of the molecule is CNC(Cc1ccc(Cl)cc1Cl)C(C(F)(F)F)C(F)(F)F. The first kappa shape index (κ1) is 18.4. The Hall–Kier alpha value is -0.660. The zero-order valence-electron chi connectivity index (χ0n) is 10.6. The van der Waals surface area contributed by atoms with Crippen LogP contribution in [0.2, 0.25) is 10.0 Å².